The van der Waals surface area contributed by atoms with Gasteiger partial charge in [-0.1, -0.05) is 92.8 Å². The summed E-state index contributed by atoms with van der Waals surface area (Å²) in [5.41, 5.74) is 0.910. The van der Waals surface area contributed by atoms with Crippen molar-refractivity contribution < 1.29 is 4.74 Å². The maximum absolute atomic E-state index is 6.17. The van der Waals surface area contributed by atoms with E-state index in [0.29, 0.717) is 11.1 Å². The summed E-state index contributed by atoms with van der Waals surface area (Å²) >= 11 is 48.2. The average molecular weight is 504 g/mol. The Bertz CT molecular complexity index is 697. The molecule has 0 saturated heterocycles. The molecule has 0 radical (unpaired) electrons. The highest BCUT2D eigenvalue weighted by Gasteiger charge is 2.20. The van der Waals surface area contributed by atoms with Crippen molar-refractivity contribution in [2.24, 2.45) is 0 Å². The van der Waals surface area contributed by atoms with Crippen LogP contribution in [0.3, 0.4) is 0 Å². The Morgan fingerprint density at radius 2 is 0.880 bits per heavy atom. The number of benzene rings is 2. The van der Waals surface area contributed by atoms with Crippen LogP contribution in [0.5, 0.6) is 0 Å². The molecule has 2 rings (SSSR count). The maximum Gasteiger partial charge on any atom is 0.0800 e. The van der Waals surface area contributed by atoms with E-state index in [9.17, 15) is 0 Å². The van der Waals surface area contributed by atoms with Gasteiger partial charge in [-0.3, -0.25) is 0 Å². The molecule has 0 unspecified atom stereocenters. The van der Waals surface area contributed by atoms with Crippen LogP contribution in [0.1, 0.15) is 13.8 Å². The molecular formula is C16H12Cl8O. The van der Waals surface area contributed by atoms with Gasteiger partial charge in [-0.25, -0.2) is 0 Å². The van der Waals surface area contributed by atoms with Gasteiger partial charge < -0.3 is 4.74 Å². The van der Waals surface area contributed by atoms with Crippen molar-refractivity contribution in [3.8, 4) is 11.1 Å². The standard InChI is InChI=1S/C12H2Cl8.C4H10O/c13-5-1-3(7(15)11(19)9(5)17)4-2-6(14)10(18)12(20)8(4)16;1-3-5-4-2/h1-2H;3-4H2,1-2H3. The van der Waals surface area contributed by atoms with Crippen LogP contribution in [0.25, 0.3) is 11.1 Å². The van der Waals surface area contributed by atoms with E-state index in [-0.39, 0.29) is 40.2 Å². The predicted octanol–water partition coefficient (Wildman–Crippen LogP) is 9.62. The van der Waals surface area contributed by atoms with E-state index in [2.05, 4.69) is 0 Å². The molecule has 0 N–H and O–H groups in total. The smallest absolute Gasteiger partial charge is 0.0800 e. The van der Waals surface area contributed by atoms with Crippen LogP contribution in [-0.4, -0.2) is 13.2 Å². The van der Waals surface area contributed by atoms with E-state index in [0.717, 1.165) is 13.2 Å². The highest BCUT2D eigenvalue weighted by molar-refractivity contribution is 6.54. The fourth-order valence-corrected chi connectivity index (χ4v) is 3.55. The number of halogens is 8. The summed E-state index contributed by atoms with van der Waals surface area (Å²) < 4.78 is 4.83. The molecule has 2 aromatic rings. The van der Waals surface area contributed by atoms with Gasteiger partial charge in [-0.05, 0) is 26.0 Å². The molecule has 0 atom stereocenters. The first kappa shape index (κ1) is 23.8. The largest absolute Gasteiger partial charge is 0.382 e. The molecule has 138 valence electrons. The molecular weight excluding hydrogens is 492 g/mol. The molecule has 0 saturated carbocycles. The molecule has 0 spiro atoms. The third-order valence-electron chi connectivity index (χ3n) is 2.90. The summed E-state index contributed by atoms with van der Waals surface area (Å²) in [6, 6.07) is 3.06. The Balaban J connectivity index is 0.000000550. The fourth-order valence-electron chi connectivity index (χ4n) is 1.74. The van der Waals surface area contributed by atoms with E-state index < -0.39 is 0 Å². The number of ether oxygens (including phenoxy) is 1. The molecule has 0 aliphatic rings. The number of hydrogen-bond acceptors (Lipinski definition) is 1. The normalized spacial score (nSPS) is 10.5. The average Bonchev–Trinajstić information content (AvgIpc) is 2.59. The highest BCUT2D eigenvalue weighted by atomic mass is 35.5. The van der Waals surface area contributed by atoms with Crippen molar-refractivity contribution in [3.05, 3.63) is 52.3 Å². The van der Waals surface area contributed by atoms with Gasteiger partial charge in [0.15, 0.2) is 0 Å². The summed E-state index contributed by atoms with van der Waals surface area (Å²) in [6.07, 6.45) is 0. The Morgan fingerprint density at radius 3 is 1.12 bits per heavy atom. The Morgan fingerprint density at radius 1 is 0.560 bits per heavy atom. The molecule has 2 aromatic carbocycles. The molecule has 0 heterocycles. The molecule has 1 nitrogen and oxygen atoms in total. The minimum atomic E-state index is 0.120. The van der Waals surface area contributed by atoms with Crippen molar-refractivity contribution >= 4 is 92.8 Å². The lowest BCUT2D eigenvalue weighted by Crippen LogP contribution is -1.87. The van der Waals surface area contributed by atoms with Gasteiger partial charge in [0.25, 0.3) is 0 Å². The second-order valence-electron chi connectivity index (χ2n) is 4.48. The summed E-state index contributed by atoms with van der Waals surface area (Å²) in [7, 11) is 0. The summed E-state index contributed by atoms with van der Waals surface area (Å²) in [4.78, 5) is 0. The third kappa shape index (κ3) is 5.85. The van der Waals surface area contributed by atoms with Crippen LogP contribution >= 0.6 is 92.8 Å². The molecule has 0 aliphatic carbocycles. The first-order valence-electron chi connectivity index (χ1n) is 6.91. The molecule has 9 heteroatoms. The lowest BCUT2D eigenvalue weighted by atomic mass is 10.1. The topological polar surface area (TPSA) is 9.23 Å². The second kappa shape index (κ2) is 10.9. The van der Waals surface area contributed by atoms with Crippen LogP contribution in [0.4, 0.5) is 0 Å². The van der Waals surface area contributed by atoms with Crippen molar-refractivity contribution in [2.75, 3.05) is 13.2 Å². The van der Waals surface area contributed by atoms with Gasteiger partial charge in [-0.15, -0.1) is 0 Å². The molecule has 0 bridgehead atoms. The minimum Gasteiger partial charge on any atom is -0.382 e. The maximum atomic E-state index is 6.17. The number of hydrogen-bond donors (Lipinski definition) is 0. The Kier molecular flexibility index (Phi) is 10.4. The molecule has 0 amide bonds. The zero-order valence-electron chi connectivity index (χ0n) is 13.0. The van der Waals surface area contributed by atoms with Crippen LogP contribution in [0.2, 0.25) is 40.2 Å². The summed E-state index contributed by atoms with van der Waals surface area (Å²) in [5.74, 6) is 0. The Labute approximate surface area is 186 Å². The zero-order chi connectivity index (χ0) is 19.3. The molecule has 0 aliphatic heterocycles. The minimum absolute atomic E-state index is 0.120. The molecule has 25 heavy (non-hydrogen) atoms. The van der Waals surface area contributed by atoms with Gasteiger partial charge in [0.1, 0.15) is 0 Å². The van der Waals surface area contributed by atoms with Crippen LogP contribution in [0.15, 0.2) is 12.1 Å². The van der Waals surface area contributed by atoms with E-state index in [1.165, 1.54) is 12.1 Å². The summed E-state index contributed by atoms with van der Waals surface area (Å²) in [5, 5.41) is 1.40. The van der Waals surface area contributed by atoms with Crippen LogP contribution in [0, 0.1) is 0 Å². The van der Waals surface area contributed by atoms with E-state index >= 15 is 0 Å². The van der Waals surface area contributed by atoms with E-state index in [4.69, 9.17) is 97.5 Å². The second-order valence-corrected chi connectivity index (χ2v) is 7.56. The zero-order valence-corrected chi connectivity index (χ0v) is 19.0. The van der Waals surface area contributed by atoms with Crippen molar-refractivity contribution in [2.45, 2.75) is 13.8 Å². The van der Waals surface area contributed by atoms with Gasteiger partial charge in [0, 0.05) is 24.3 Å². The van der Waals surface area contributed by atoms with Crippen LogP contribution < -0.4 is 0 Å². The monoisotopic (exact) mass is 500 g/mol. The first-order chi connectivity index (χ1) is 11.7. The van der Waals surface area contributed by atoms with Crippen molar-refractivity contribution in [1.82, 2.24) is 0 Å². The van der Waals surface area contributed by atoms with Gasteiger partial charge in [-0.2, -0.15) is 0 Å². The highest BCUT2D eigenvalue weighted by Crippen LogP contribution is 2.48. The summed E-state index contributed by atoms with van der Waals surface area (Å²) in [6.45, 7) is 5.67. The van der Waals surface area contributed by atoms with Gasteiger partial charge in [0.2, 0.25) is 0 Å². The van der Waals surface area contributed by atoms with E-state index in [1.54, 1.807) is 0 Å². The third-order valence-corrected chi connectivity index (χ3v) is 6.41. The van der Waals surface area contributed by atoms with Crippen molar-refractivity contribution in [1.29, 1.82) is 0 Å². The Hall–Kier alpha value is 0.720. The molecule has 0 aromatic heterocycles. The number of rotatable bonds is 3. The van der Waals surface area contributed by atoms with Crippen LogP contribution in [-0.2, 0) is 4.74 Å². The predicted molar refractivity (Wildman–Crippen MR) is 114 cm³/mol. The van der Waals surface area contributed by atoms with E-state index in [1.807, 2.05) is 13.8 Å². The van der Waals surface area contributed by atoms with Gasteiger partial charge in [0.05, 0.1) is 40.2 Å². The molecule has 0 fully saturated rings. The van der Waals surface area contributed by atoms with Gasteiger partial charge >= 0.3 is 0 Å². The lowest BCUT2D eigenvalue weighted by molar-refractivity contribution is 0.162. The SMILES string of the molecule is CCOCC.Clc1cc(-c2cc(Cl)c(Cl)c(Cl)c2Cl)c(Cl)c(Cl)c1Cl. The quantitative estimate of drug-likeness (QED) is 0.299. The lowest BCUT2D eigenvalue weighted by Gasteiger charge is -2.13. The fraction of sp³-hybridized carbons (Fsp3) is 0.250. The van der Waals surface area contributed by atoms with Crippen molar-refractivity contribution in [3.63, 3.8) is 0 Å². The first-order valence-corrected chi connectivity index (χ1v) is 9.93.